The minimum absolute atomic E-state index is 0.178. The molecule has 9 nitrogen and oxygen atoms in total. The van der Waals surface area contributed by atoms with Crippen LogP contribution in [-0.4, -0.2) is 87.5 Å². The fraction of sp³-hybridized carbons (Fsp3) is 0.859. The third-order valence-electron chi connectivity index (χ3n) is 14.9. The van der Waals surface area contributed by atoms with Crippen molar-refractivity contribution in [1.29, 1.82) is 0 Å². The van der Waals surface area contributed by atoms with E-state index in [0.29, 0.717) is 6.42 Å². The van der Waals surface area contributed by atoms with Gasteiger partial charge in [0.1, 0.15) is 24.4 Å². The van der Waals surface area contributed by atoms with Crippen LogP contribution in [0.25, 0.3) is 0 Å². The van der Waals surface area contributed by atoms with Gasteiger partial charge in [0.2, 0.25) is 5.91 Å². The van der Waals surface area contributed by atoms with Crippen LogP contribution in [0.3, 0.4) is 0 Å². The molecule has 0 spiro atoms. The van der Waals surface area contributed by atoms with E-state index in [0.717, 1.165) is 51.4 Å². The van der Waals surface area contributed by atoms with Crippen molar-refractivity contribution in [3.05, 3.63) is 48.6 Å². The van der Waals surface area contributed by atoms with E-state index in [-0.39, 0.29) is 12.5 Å². The summed E-state index contributed by atoms with van der Waals surface area (Å²) >= 11 is 0. The smallest absolute Gasteiger partial charge is 0.220 e. The number of ether oxygens (including phenoxy) is 2. The summed E-state index contributed by atoms with van der Waals surface area (Å²) in [6, 6.07) is -0.809. The van der Waals surface area contributed by atoms with Crippen molar-refractivity contribution in [1.82, 2.24) is 5.32 Å². The van der Waals surface area contributed by atoms with Gasteiger partial charge in [-0.15, -0.1) is 0 Å². The predicted octanol–water partition coefficient (Wildman–Crippen LogP) is 16.1. The maximum absolute atomic E-state index is 13.1. The average molecular weight is 1030 g/mol. The molecule has 0 aromatic heterocycles. The van der Waals surface area contributed by atoms with Crippen molar-refractivity contribution in [3.63, 3.8) is 0 Å². The van der Waals surface area contributed by atoms with Gasteiger partial charge < -0.3 is 40.3 Å². The van der Waals surface area contributed by atoms with Gasteiger partial charge in [-0.25, -0.2) is 0 Å². The fourth-order valence-corrected chi connectivity index (χ4v) is 9.93. The average Bonchev–Trinajstić information content (AvgIpc) is 3.39. The molecule has 0 aromatic carbocycles. The lowest BCUT2D eigenvalue weighted by Gasteiger charge is -2.40. The summed E-state index contributed by atoms with van der Waals surface area (Å²) in [4.78, 5) is 13.1. The van der Waals surface area contributed by atoms with E-state index in [1.165, 1.54) is 225 Å². The molecule has 428 valence electrons. The first kappa shape index (κ1) is 69.2. The summed E-state index contributed by atoms with van der Waals surface area (Å²) in [6.07, 6.45) is 64.7. The number of aliphatic hydroxyl groups is 5. The number of hydrogen-bond acceptors (Lipinski definition) is 8. The largest absolute Gasteiger partial charge is 0.394 e. The van der Waals surface area contributed by atoms with Crippen LogP contribution < -0.4 is 5.32 Å². The molecule has 7 atom stereocenters. The first-order valence-corrected chi connectivity index (χ1v) is 31.4. The zero-order chi connectivity index (χ0) is 52.9. The van der Waals surface area contributed by atoms with E-state index in [2.05, 4.69) is 55.6 Å². The summed E-state index contributed by atoms with van der Waals surface area (Å²) in [6.45, 7) is 3.80. The van der Waals surface area contributed by atoms with E-state index in [9.17, 15) is 30.3 Å². The zero-order valence-corrected chi connectivity index (χ0v) is 47.6. The van der Waals surface area contributed by atoms with Crippen molar-refractivity contribution in [2.45, 2.75) is 339 Å². The molecular formula is C64H119NO8. The van der Waals surface area contributed by atoms with Crippen LogP contribution in [0.5, 0.6) is 0 Å². The third kappa shape index (κ3) is 42.9. The highest BCUT2D eigenvalue weighted by atomic mass is 16.7. The van der Waals surface area contributed by atoms with Gasteiger partial charge in [-0.1, -0.05) is 281 Å². The minimum Gasteiger partial charge on any atom is -0.394 e. The molecule has 1 aliphatic rings. The normalized spacial score (nSPS) is 19.4. The number of unbranched alkanes of at least 4 members (excludes halogenated alkanes) is 38. The number of carbonyl (C=O) groups is 1. The first-order chi connectivity index (χ1) is 35.8. The molecule has 73 heavy (non-hydrogen) atoms. The first-order valence-electron chi connectivity index (χ1n) is 31.4. The van der Waals surface area contributed by atoms with Gasteiger partial charge in [-0.3, -0.25) is 4.79 Å². The predicted molar refractivity (Wildman–Crippen MR) is 309 cm³/mol. The summed E-state index contributed by atoms with van der Waals surface area (Å²) in [7, 11) is 0. The molecule has 0 saturated carbocycles. The Labute approximate surface area is 450 Å². The lowest BCUT2D eigenvalue weighted by atomic mass is 9.99. The second-order valence-electron chi connectivity index (χ2n) is 21.9. The topological polar surface area (TPSA) is 149 Å². The van der Waals surface area contributed by atoms with Gasteiger partial charge in [-0.05, 0) is 57.8 Å². The van der Waals surface area contributed by atoms with Crippen LogP contribution in [0, 0.1) is 0 Å². The summed E-state index contributed by atoms with van der Waals surface area (Å²) in [5.41, 5.74) is 0. The Hall–Kier alpha value is -1.85. The lowest BCUT2D eigenvalue weighted by Crippen LogP contribution is -2.60. The van der Waals surface area contributed by atoms with E-state index in [4.69, 9.17) is 9.47 Å². The Bertz CT molecular complexity index is 1290. The molecule has 0 radical (unpaired) electrons. The van der Waals surface area contributed by atoms with Crippen molar-refractivity contribution in [2.24, 2.45) is 0 Å². The van der Waals surface area contributed by atoms with E-state index < -0.39 is 49.5 Å². The molecule has 1 fully saturated rings. The molecule has 0 aromatic rings. The molecular weight excluding hydrogens is 911 g/mol. The van der Waals surface area contributed by atoms with Crippen LogP contribution in [0.1, 0.15) is 296 Å². The number of hydrogen-bond donors (Lipinski definition) is 6. The number of carbonyl (C=O) groups excluding carboxylic acids is 1. The Morgan fingerprint density at radius 3 is 1.19 bits per heavy atom. The highest BCUT2D eigenvalue weighted by Gasteiger charge is 2.44. The number of rotatable bonds is 54. The van der Waals surface area contributed by atoms with Gasteiger partial charge in [0, 0.05) is 6.42 Å². The van der Waals surface area contributed by atoms with E-state index in [1.807, 2.05) is 6.08 Å². The molecule has 1 saturated heterocycles. The molecule has 1 rings (SSSR count). The standard InChI is InChI=1S/C64H119NO8/c1-3-5-7-9-11-13-15-17-19-21-23-25-27-29-31-33-35-37-39-41-43-45-47-49-51-53-58(67)57(56-72-64-63(71)62(70)61(69)59(55-66)73-64)65-60(68)54-52-50-48-46-44-42-40-38-36-34-32-30-28-26-24-22-20-18-16-14-12-10-8-6-4-2/h16,18,22,24,28,30,51,53,57-59,61-64,66-67,69-71H,3-15,17,19-21,23,25-27,29,31-50,52,54-56H2,1-2H3,(H,65,68)/b18-16-,24-22-,30-28-,53-51+. The number of aliphatic hydroxyl groups excluding tert-OH is 5. The summed E-state index contributed by atoms with van der Waals surface area (Å²) in [5, 5.41) is 54.6. The van der Waals surface area contributed by atoms with Crippen molar-refractivity contribution < 1.29 is 39.8 Å². The Balaban J connectivity index is 2.20. The second-order valence-corrected chi connectivity index (χ2v) is 21.9. The van der Waals surface area contributed by atoms with Crippen LogP contribution >= 0.6 is 0 Å². The van der Waals surface area contributed by atoms with Crippen LogP contribution in [0.15, 0.2) is 48.6 Å². The Kier molecular flexibility index (Phi) is 50.7. The Morgan fingerprint density at radius 2 is 0.808 bits per heavy atom. The van der Waals surface area contributed by atoms with E-state index in [1.54, 1.807) is 6.08 Å². The van der Waals surface area contributed by atoms with Crippen LogP contribution in [-0.2, 0) is 14.3 Å². The maximum atomic E-state index is 13.1. The number of nitrogens with one attached hydrogen (secondary N) is 1. The van der Waals surface area contributed by atoms with Gasteiger partial charge in [0.15, 0.2) is 6.29 Å². The molecule has 7 unspecified atom stereocenters. The molecule has 1 aliphatic heterocycles. The van der Waals surface area contributed by atoms with Crippen molar-refractivity contribution >= 4 is 5.91 Å². The van der Waals surface area contributed by atoms with Gasteiger partial charge in [0.05, 0.1) is 25.4 Å². The van der Waals surface area contributed by atoms with Crippen molar-refractivity contribution in [3.8, 4) is 0 Å². The number of allylic oxidation sites excluding steroid dienone is 7. The molecule has 0 bridgehead atoms. The monoisotopic (exact) mass is 1030 g/mol. The molecule has 1 heterocycles. The fourth-order valence-electron chi connectivity index (χ4n) is 9.93. The molecule has 6 N–H and O–H groups in total. The second kappa shape index (κ2) is 53.5. The SMILES string of the molecule is CCCCCCC/C=C\C/C=C\C/C=C\CCCCCCCCCCCCC(=O)NC(COC1OC(CO)C(O)C(O)C1O)C(O)/C=C/CCCCCCCCCCCCCCCCCCCCCCCCC. The van der Waals surface area contributed by atoms with Gasteiger partial charge >= 0.3 is 0 Å². The minimum atomic E-state index is -1.57. The highest BCUT2D eigenvalue weighted by Crippen LogP contribution is 2.23. The quantitative estimate of drug-likeness (QED) is 0.0261. The summed E-state index contributed by atoms with van der Waals surface area (Å²) < 4.78 is 11.3. The molecule has 0 aliphatic carbocycles. The summed E-state index contributed by atoms with van der Waals surface area (Å²) in [5.74, 6) is -0.178. The highest BCUT2D eigenvalue weighted by molar-refractivity contribution is 5.76. The number of amides is 1. The maximum Gasteiger partial charge on any atom is 0.220 e. The van der Waals surface area contributed by atoms with Gasteiger partial charge in [0.25, 0.3) is 0 Å². The molecule has 9 heteroatoms. The van der Waals surface area contributed by atoms with E-state index >= 15 is 0 Å². The Morgan fingerprint density at radius 1 is 0.466 bits per heavy atom. The van der Waals surface area contributed by atoms with Gasteiger partial charge in [-0.2, -0.15) is 0 Å². The van der Waals surface area contributed by atoms with Crippen LogP contribution in [0.4, 0.5) is 0 Å². The van der Waals surface area contributed by atoms with Crippen molar-refractivity contribution in [2.75, 3.05) is 13.2 Å². The zero-order valence-electron chi connectivity index (χ0n) is 47.6. The lowest BCUT2D eigenvalue weighted by molar-refractivity contribution is -0.302. The van der Waals surface area contributed by atoms with Crippen LogP contribution in [0.2, 0.25) is 0 Å². The molecule has 1 amide bonds. The third-order valence-corrected chi connectivity index (χ3v) is 14.9.